The standard InChI is InChI=1S/C14H19N3O2/c1-2-10-6-3-4-7-11(10)16-13(18)14(8-5-9-14)12(15)17-19/h3-4,6-7,19H,2,5,8-9H2,1H3,(H2,15,17)(H,16,18). The van der Waals surface area contributed by atoms with Crippen LogP contribution in [0.1, 0.15) is 31.7 Å². The number of amides is 1. The van der Waals surface area contributed by atoms with Gasteiger partial charge in [-0.2, -0.15) is 0 Å². The molecule has 0 radical (unpaired) electrons. The van der Waals surface area contributed by atoms with Gasteiger partial charge in [-0.1, -0.05) is 36.7 Å². The van der Waals surface area contributed by atoms with Gasteiger partial charge in [-0.3, -0.25) is 4.79 Å². The molecule has 1 saturated carbocycles. The minimum absolute atomic E-state index is 0.00484. The lowest BCUT2D eigenvalue weighted by atomic mass is 9.67. The highest BCUT2D eigenvalue weighted by Gasteiger charge is 2.48. The molecule has 102 valence electrons. The van der Waals surface area contributed by atoms with Crippen molar-refractivity contribution in [2.75, 3.05) is 5.32 Å². The van der Waals surface area contributed by atoms with E-state index in [1.165, 1.54) is 0 Å². The fourth-order valence-electron chi connectivity index (χ4n) is 2.42. The number of nitrogens with zero attached hydrogens (tertiary/aromatic N) is 1. The zero-order chi connectivity index (χ0) is 13.9. The summed E-state index contributed by atoms with van der Waals surface area (Å²) in [5.74, 6) is -0.180. The summed E-state index contributed by atoms with van der Waals surface area (Å²) in [5, 5.41) is 14.8. The van der Waals surface area contributed by atoms with Crippen molar-refractivity contribution in [1.82, 2.24) is 0 Å². The fourth-order valence-corrected chi connectivity index (χ4v) is 2.42. The predicted octanol–water partition coefficient (Wildman–Crippen LogP) is 2.10. The van der Waals surface area contributed by atoms with Crippen molar-refractivity contribution in [3.05, 3.63) is 29.8 Å². The first-order valence-electron chi connectivity index (χ1n) is 6.51. The Kier molecular flexibility index (Phi) is 3.74. The first kappa shape index (κ1) is 13.4. The zero-order valence-corrected chi connectivity index (χ0v) is 11.0. The highest BCUT2D eigenvalue weighted by atomic mass is 16.4. The average molecular weight is 261 g/mol. The van der Waals surface area contributed by atoms with E-state index in [0.29, 0.717) is 12.8 Å². The summed E-state index contributed by atoms with van der Waals surface area (Å²) in [4.78, 5) is 12.4. The van der Waals surface area contributed by atoms with Crippen LogP contribution in [0.3, 0.4) is 0 Å². The molecule has 0 aromatic heterocycles. The van der Waals surface area contributed by atoms with Crippen molar-refractivity contribution in [1.29, 1.82) is 0 Å². The summed E-state index contributed by atoms with van der Waals surface area (Å²) in [6.45, 7) is 2.04. The Morgan fingerprint density at radius 3 is 2.68 bits per heavy atom. The molecule has 19 heavy (non-hydrogen) atoms. The van der Waals surface area contributed by atoms with Crippen LogP contribution in [-0.2, 0) is 11.2 Å². The lowest BCUT2D eigenvalue weighted by Gasteiger charge is -2.38. The number of carbonyl (C=O) groups is 1. The number of nitrogens with two attached hydrogens (primary N) is 1. The topological polar surface area (TPSA) is 87.7 Å². The molecule has 0 atom stereocenters. The molecule has 1 aliphatic carbocycles. The summed E-state index contributed by atoms with van der Waals surface area (Å²) in [6, 6.07) is 7.67. The number of oxime groups is 1. The summed E-state index contributed by atoms with van der Waals surface area (Å²) in [6.07, 6.45) is 3.01. The van der Waals surface area contributed by atoms with E-state index >= 15 is 0 Å². The van der Waals surface area contributed by atoms with Gasteiger partial charge < -0.3 is 16.3 Å². The number of para-hydroxylation sites is 1. The normalized spacial score (nSPS) is 17.6. The molecule has 2 rings (SSSR count). The van der Waals surface area contributed by atoms with Crippen LogP contribution in [0, 0.1) is 5.41 Å². The van der Waals surface area contributed by atoms with E-state index in [0.717, 1.165) is 24.1 Å². The zero-order valence-electron chi connectivity index (χ0n) is 11.0. The maximum atomic E-state index is 12.4. The van der Waals surface area contributed by atoms with Gasteiger partial charge in [0.2, 0.25) is 5.91 Å². The van der Waals surface area contributed by atoms with Gasteiger partial charge in [-0.05, 0) is 30.9 Å². The van der Waals surface area contributed by atoms with Gasteiger partial charge >= 0.3 is 0 Å². The van der Waals surface area contributed by atoms with Crippen LogP contribution in [0.25, 0.3) is 0 Å². The number of nitrogens with one attached hydrogen (secondary N) is 1. The van der Waals surface area contributed by atoms with E-state index in [9.17, 15) is 4.79 Å². The second kappa shape index (κ2) is 5.30. The van der Waals surface area contributed by atoms with Crippen LogP contribution in [0.2, 0.25) is 0 Å². The first-order chi connectivity index (χ1) is 9.14. The number of amidine groups is 1. The number of rotatable bonds is 4. The van der Waals surface area contributed by atoms with E-state index in [4.69, 9.17) is 10.9 Å². The van der Waals surface area contributed by atoms with Gasteiger partial charge in [-0.25, -0.2) is 0 Å². The monoisotopic (exact) mass is 261 g/mol. The van der Waals surface area contributed by atoms with Crippen LogP contribution in [0.5, 0.6) is 0 Å². The van der Waals surface area contributed by atoms with Crippen LogP contribution >= 0.6 is 0 Å². The van der Waals surface area contributed by atoms with Gasteiger partial charge in [0.1, 0.15) is 5.41 Å². The van der Waals surface area contributed by atoms with Crippen molar-refractivity contribution in [3.63, 3.8) is 0 Å². The Bertz CT molecular complexity index is 507. The number of benzene rings is 1. The maximum absolute atomic E-state index is 12.4. The fraction of sp³-hybridized carbons (Fsp3) is 0.429. The largest absolute Gasteiger partial charge is 0.409 e. The molecule has 1 aliphatic rings. The Morgan fingerprint density at radius 2 is 2.16 bits per heavy atom. The Labute approximate surface area is 112 Å². The molecule has 1 aromatic rings. The third-order valence-corrected chi connectivity index (χ3v) is 3.89. The number of aryl methyl sites for hydroxylation is 1. The van der Waals surface area contributed by atoms with Gasteiger partial charge in [0.15, 0.2) is 5.84 Å². The van der Waals surface area contributed by atoms with Gasteiger partial charge in [-0.15, -0.1) is 0 Å². The van der Waals surface area contributed by atoms with Crippen LogP contribution in [-0.4, -0.2) is 17.0 Å². The molecule has 1 fully saturated rings. The van der Waals surface area contributed by atoms with Crippen LogP contribution in [0.15, 0.2) is 29.4 Å². The highest BCUT2D eigenvalue weighted by molar-refractivity contribution is 6.12. The molecular formula is C14H19N3O2. The SMILES string of the molecule is CCc1ccccc1NC(=O)C1(/C(N)=N/O)CCC1. The first-order valence-corrected chi connectivity index (χ1v) is 6.51. The van der Waals surface area contributed by atoms with E-state index < -0.39 is 5.41 Å². The number of hydrogen-bond acceptors (Lipinski definition) is 3. The lowest BCUT2D eigenvalue weighted by molar-refractivity contribution is -0.125. The lowest BCUT2D eigenvalue weighted by Crippen LogP contribution is -2.51. The molecule has 0 spiro atoms. The molecule has 0 bridgehead atoms. The quantitative estimate of drug-likeness (QED) is 0.336. The molecule has 0 aliphatic heterocycles. The molecule has 1 amide bonds. The molecule has 5 heteroatoms. The molecule has 0 saturated heterocycles. The van der Waals surface area contributed by atoms with Gasteiger partial charge in [0, 0.05) is 5.69 Å². The smallest absolute Gasteiger partial charge is 0.238 e. The summed E-state index contributed by atoms with van der Waals surface area (Å²) in [7, 11) is 0. The Hall–Kier alpha value is -2.04. The third-order valence-electron chi connectivity index (χ3n) is 3.89. The molecule has 0 heterocycles. The maximum Gasteiger partial charge on any atom is 0.238 e. The number of hydrogen-bond donors (Lipinski definition) is 3. The molecular weight excluding hydrogens is 242 g/mol. The van der Waals surface area contributed by atoms with Crippen molar-refractivity contribution in [3.8, 4) is 0 Å². The summed E-state index contributed by atoms with van der Waals surface area (Å²) >= 11 is 0. The van der Waals surface area contributed by atoms with Crippen LogP contribution < -0.4 is 11.1 Å². The van der Waals surface area contributed by atoms with Crippen molar-refractivity contribution in [2.24, 2.45) is 16.3 Å². The number of anilines is 1. The molecule has 5 nitrogen and oxygen atoms in total. The van der Waals surface area contributed by atoms with E-state index in [1.807, 2.05) is 31.2 Å². The minimum Gasteiger partial charge on any atom is -0.409 e. The Morgan fingerprint density at radius 1 is 1.47 bits per heavy atom. The van der Waals surface area contributed by atoms with Gasteiger partial charge in [0.25, 0.3) is 0 Å². The Balaban J connectivity index is 2.21. The average Bonchev–Trinajstić information content (AvgIpc) is 2.37. The highest BCUT2D eigenvalue weighted by Crippen LogP contribution is 2.42. The second-order valence-corrected chi connectivity index (χ2v) is 4.89. The van der Waals surface area contributed by atoms with E-state index in [2.05, 4.69) is 10.5 Å². The third kappa shape index (κ3) is 2.28. The van der Waals surface area contributed by atoms with Crippen LogP contribution in [0.4, 0.5) is 5.69 Å². The van der Waals surface area contributed by atoms with Crippen molar-refractivity contribution < 1.29 is 10.0 Å². The summed E-state index contributed by atoms with van der Waals surface area (Å²) in [5.41, 5.74) is 6.71. The van der Waals surface area contributed by atoms with Crippen molar-refractivity contribution >= 4 is 17.4 Å². The molecule has 1 aromatic carbocycles. The van der Waals surface area contributed by atoms with E-state index in [-0.39, 0.29) is 11.7 Å². The predicted molar refractivity (Wildman–Crippen MR) is 74.1 cm³/mol. The molecule has 0 unspecified atom stereocenters. The minimum atomic E-state index is -0.838. The van der Waals surface area contributed by atoms with Crippen molar-refractivity contribution in [2.45, 2.75) is 32.6 Å². The second-order valence-electron chi connectivity index (χ2n) is 4.89. The summed E-state index contributed by atoms with van der Waals surface area (Å²) < 4.78 is 0. The van der Waals surface area contributed by atoms with E-state index in [1.54, 1.807) is 0 Å². The van der Waals surface area contributed by atoms with Gasteiger partial charge in [0.05, 0.1) is 0 Å². The molecule has 4 N–H and O–H groups in total. The number of carbonyl (C=O) groups excluding carboxylic acids is 1.